The molecule has 3 aromatic carbocycles. The van der Waals surface area contributed by atoms with Gasteiger partial charge in [-0.1, -0.05) is 18.2 Å². The van der Waals surface area contributed by atoms with Crippen molar-refractivity contribution >= 4 is 37.3 Å². The van der Waals surface area contributed by atoms with E-state index in [0.717, 1.165) is 0 Å². The average molecular weight is 444 g/mol. The molecule has 0 aliphatic carbocycles. The first-order valence-electron chi connectivity index (χ1n) is 8.77. The van der Waals surface area contributed by atoms with Crippen LogP contribution < -0.4 is 14.8 Å². The SMILES string of the molecule is COc1cccc(NS(=O)(=O)c2ccc(NC3=NS(=O)(=O)c4ccccc43)cc2)c1. The van der Waals surface area contributed by atoms with Crippen LogP contribution in [0.4, 0.5) is 11.4 Å². The van der Waals surface area contributed by atoms with Gasteiger partial charge in [-0.15, -0.1) is 4.40 Å². The van der Waals surface area contributed by atoms with E-state index in [-0.39, 0.29) is 15.6 Å². The zero-order chi connectivity index (χ0) is 21.4. The Morgan fingerprint density at radius 2 is 1.63 bits per heavy atom. The summed E-state index contributed by atoms with van der Waals surface area (Å²) in [6.07, 6.45) is 0. The molecule has 0 unspecified atom stereocenters. The largest absolute Gasteiger partial charge is 0.497 e. The van der Waals surface area contributed by atoms with Gasteiger partial charge in [0.1, 0.15) is 10.6 Å². The Kier molecular flexibility index (Phi) is 4.96. The van der Waals surface area contributed by atoms with E-state index in [4.69, 9.17) is 4.74 Å². The molecule has 0 atom stereocenters. The number of benzene rings is 3. The first-order chi connectivity index (χ1) is 14.3. The van der Waals surface area contributed by atoms with Crippen LogP contribution in [0.15, 0.2) is 87.0 Å². The molecule has 1 aliphatic heterocycles. The standard InChI is InChI=1S/C20H17N3O5S2/c1-28-16-6-4-5-15(13-16)22-29(24,25)17-11-9-14(10-12-17)21-20-18-7-2-3-8-19(18)30(26,27)23-20/h2-13,22H,1H3,(H,21,23). The molecular weight excluding hydrogens is 426 g/mol. The van der Waals surface area contributed by atoms with Gasteiger partial charge in [0.15, 0.2) is 5.84 Å². The van der Waals surface area contributed by atoms with Gasteiger partial charge >= 0.3 is 0 Å². The Morgan fingerprint density at radius 1 is 0.900 bits per heavy atom. The van der Waals surface area contributed by atoms with E-state index >= 15 is 0 Å². The summed E-state index contributed by atoms with van der Waals surface area (Å²) in [7, 11) is -6.05. The van der Waals surface area contributed by atoms with Crippen molar-refractivity contribution < 1.29 is 21.6 Å². The maximum Gasteiger partial charge on any atom is 0.285 e. The molecule has 0 amide bonds. The van der Waals surface area contributed by atoms with Crippen LogP contribution in [0, 0.1) is 0 Å². The summed E-state index contributed by atoms with van der Waals surface area (Å²) in [5.41, 5.74) is 1.34. The van der Waals surface area contributed by atoms with Crippen LogP contribution in [0.5, 0.6) is 5.75 Å². The van der Waals surface area contributed by atoms with Gasteiger partial charge in [-0.2, -0.15) is 8.42 Å². The summed E-state index contributed by atoms with van der Waals surface area (Å²) in [5.74, 6) is 0.720. The molecule has 1 aliphatic rings. The number of nitrogens with one attached hydrogen (secondary N) is 2. The van der Waals surface area contributed by atoms with Crippen molar-refractivity contribution in [3.05, 3.63) is 78.4 Å². The van der Waals surface area contributed by atoms with Crippen LogP contribution in [-0.2, 0) is 20.0 Å². The first kappa shape index (κ1) is 19.9. The van der Waals surface area contributed by atoms with Gasteiger partial charge in [0.25, 0.3) is 20.0 Å². The molecule has 0 fully saturated rings. The summed E-state index contributed by atoms with van der Waals surface area (Å²) in [6, 6.07) is 19.0. The third kappa shape index (κ3) is 3.87. The van der Waals surface area contributed by atoms with E-state index < -0.39 is 20.0 Å². The molecule has 2 N–H and O–H groups in total. The van der Waals surface area contributed by atoms with Crippen molar-refractivity contribution in [3.63, 3.8) is 0 Å². The molecule has 0 bridgehead atoms. The summed E-state index contributed by atoms with van der Waals surface area (Å²) in [6.45, 7) is 0. The average Bonchev–Trinajstić information content (AvgIpc) is 2.98. The fourth-order valence-corrected chi connectivity index (χ4v) is 5.18. The molecule has 3 aromatic rings. The van der Waals surface area contributed by atoms with Crippen molar-refractivity contribution in [2.75, 3.05) is 17.1 Å². The molecule has 0 saturated carbocycles. The second kappa shape index (κ2) is 7.47. The van der Waals surface area contributed by atoms with Crippen LogP contribution in [0.1, 0.15) is 5.56 Å². The van der Waals surface area contributed by atoms with Crippen LogP contribution in [0.3, 0.4) is 0 Å². The highest BCUT2D eigenvalue weighted by atomic mass is 32.2. The van der Waals surface area contributed by atoms with Gasteiger partial charge in [0, 0.05) is 17.3 Å². The molecular formula is C20H17N3O5S2. The lowest BCUT2D eigenvalue weighted by atomic mass is 10.2. The van der Waals surface area contributed by atoms with Crippen LogP contribution in [-0.4, -0.2) is 29.8 Å². The number of fused-ring (bicyclic) bond motifs is 1. The van der Waals surface area contributed by atoms with E-state index in [1.807, 2.05) is 0 Å². The number of nitrogens with zero attached hydrogens (tertiary/aromatic N) is 1. The Morgan fingerprint density at radius 3 is 2.37 bits per heavy atom. The molecule has 8 nitrogen and oxygen atoms in total. The Hall–Kier alpha value is -3.37. The second-order valence-electron chi connectivity index (χ2n) is 6.40. The monoisotopic (exact) mass is 443 g/mol. The minimum absolute atomic E-state index is 0.0530. The number of sulfonamides is 2. The molecule has 1 heterocycles. The normalized spacial score (nSPS) is 14.5. The number of amidine groups is 1. The summed E-state index contributed by atoms with van der Waals surface area (Å²) < 4.78 is 60.9. The van der Waals surface area contributed by atoms with Crippen LogP contribution in [0.2, 0.25) is 0 Å². The van der Waals surface area contributed by atoms with E-state index in [1.54, 1.807) is 42.5 Å². The van der Waals surface area contributed by atoms with Crippen LogP contribution >= 0.6 is 0 Å². The van der Waals surface area contributed by atoms with Gasteiger partial charge in [0.05, 0.1) is 17.7 Å². The highest BCUT2D eigenvalue weighted by molar-refractivity contribution is 7.92. The maximum atomic E-state index is 12.6. The number of ether oxygens (including phenoxy) is 1. The first-order valence-corrected chi connectivity index (χ1v) is 11.7. The highest BCUT2D eigenvalue weighted by Crippen LogP contribution is 2.27. The van der Waals surface area contributed by atoms with E-state index in [0.29, 0.717) is 22.7 Å². The topological polar surface area (TPSA) is 114 Å². The van der Waals surface area contributed by atoms with Gasteiger partial charge in [-0.05, 0) is 48.5 Å². The minimum Gasteiger partial charge on any atom is -0.497 e. The molecule has 30 heavy (non-hydrogen) atoms. The van der Waals surface area contributed by atoms with E-state index in [2.05, 4.69) is 14.4 Å². The van der Waals surface area contributed by atoms with Crippen molar-refractivity contribution in [2.24, 2.45) is 4.40 Å². The molecule has 154 valence electrons. The molecule has 0 spiro atoms. The molecule has 0 saturated heterocycles. The highest BCUT2D eigenvalue weighted by Gasteiger charge is 2.28. The third-order valence-corrected chi connectivity index (χ3v) is 7.11. The predicted octanol–water partition coefficient (Wildman–Crippen LogP) is 3.06. The van der Waals surface area contributed by atoms with Gasteiger partial charge < -0.3 is 10.1 Å². The molecule has 0 aromatic heterocycles. The number of hydrogen-bond acceptors (Lipinski definition) is 6. The summed E-state index contributed by atoms with van der Waals surface area (Å²) in [4.78, 5) is 0.187. The van der Waals surface area contributed by atoms with Gasteiger partial charge in [-0.3, -0.25) is 4.72 Å². The smallest absolute Gasteiger partial charge is 0.285 e. The molecule has 4 rings (SSSR count). The molecule has 10 heteroatoms. The lowest BCUT2D eigenvalue weighted by Gasteiger charge is -2.11. The summed E-state index contributed by atoms with van der Waals surface area (Å²) >= 11 is 0. The van der Waals surface area contributed by atoms with Crippen molar-refractivity contribution in [1.29, 1.82) is 0 Å². The zero-order valence-corrected chi connectivity index (χ0v) is 17.4. The Labute approximate surface area is 174 Å². The predicted molar refractivity (Wildman–Crippen MR) is 114 cm³/mol. The minimum atomic E-state index is -3.81. The maximum absolute atomic E-state index is 12.6. The fraction of sp³-hybridized carbons (Fsp3) is 0.0500. The third-order valence-electron chi connectivity index (χ3n) is 4.38. The van der Waals surface area contributed by atoms with E-state index in [9.17, 15) is 16.8 Å². The molecule has 0 radical (unpaired) electrons. The second-order valence-corrected chi connectivity index (χ2v) is 9.65. The van der Waals surface area contributed by atoms with Crippen molar-refractivity contribution in [3.8, 4) is 5.75 Å². The van der Waals surface area contributed by atoms with Crippen molar-refractivity contribution in [1.82, 2.24) is 0 Å². The number of anilines is 2. The Balaban J connectivity index is 1.55. The number of methoxy groups -OCH3 is 1. The number of rotatable bonds is 5. The lowest BCUT2D eigenvalue weighted by molar-refractivity contribution is 0.415. The van der Waals surface area contributed by atoms with Gasteiger partial charge in [-0.25, -0.2) is 8.42 Å². The quantitative estimate of drug-likeness (QED) is 0.627. The summed E-state index contributed by atoms with van der Waals surface area (Å²) in [5, 5.41) is 2.94. The van der Waals surface area contributed by atoms with E-state index in [1.165, 1.54) is 37.4 Å². The van der Waals surface area contributed by atoms with Crippen molar-refractivity contribution in [2.45, 2.75) is 9.79 Å². The zero-order valence-electron chi connectivity index (χ0n) is 15.7. The van der Waals surface area contributed by atoms with Crippen LogP contribution in [0.25, 0.3) is 0 Å². The van der Waals surface area contributed by atoms with Gasteiger partial charge in [0.2, 0.25) is 0 Å². The lowest BCUT2D eigenvalue weighted by Crippen LogP contribution is -2.14. The number of hydrogen-bond donors (Lipinski definition) is 2. The Bertz CT molecular complexity index is 1350. The fourth-order valence-electron chi connectivity index (χ4n) is 2.95.